The van der Waals surface area contributed by atoms with Gasteiger partial charge in [-0.05, 0) is 18.4 Å². The zero-order valence-electron chi connectivity index (χ0n) is 20.6. The molecule has 4 rings (SSSR count). The van der Waals surface area contributed by atoms with E-state index in [-0.39, 0.29) is 5.91 Å². The summed E-state index contributed by atoms with van der Waals surface area (Å²) in [5.41, 5.74) is 5.29. The third-order valence-electron chi connectivity index (χ3n) is 5.94. The Morgan fingerprint density at radius 2 is 1.53 bits per heavy atom. The molecule has 0 aliphatic heterocycles. The van der Waals surface area contributed by atoms with Crippen LogP contribution in [0.5, 0.6) is 0 Å². The number of nitrogens with zero attached hydrogens (tertiary/aromatic N) is 2. The van der Waals surface area contributed by atoms with Gasteiger partial charge in [-0.3, -0.25) is 4.79 Å². The summed E-state index contributed by atoms with van der Waals surface area (Å²) in [4.78, 5) is 17.6. The molecule has 1 heterocycles. The zero-order valence-corrected chi connectivity index (χ0v) is 22.1. The van der Waals surface area contributed by atoms with Gasteiger partial charge in [0.25, 0.3) is 0 Å². The van der Waals surface area contributed by atoms with E-state index < -0.39 is 5.38 Å². The summed E-state index contributed by atoms with van der Waals surface area (Å²) >= 11 is 8.09. The van der Waals surface area contributed by atoms with E-state index in [4.69, 9.17) is 16.6 Å². The number of imidazole rings is 1. The Bertz CT molecular complexity index is 1230. The highest BCUT2D eigenvalue weighted by Gasteiger charge is 2.20. The number of benzene rings is 3. The fourth-order valence-electron chi connectivity index (χ4n) is 4.06. The number of unbranched alkanes of at least 4 members (excludes halogenated alkanes) is 1. The smallest absolute Gasteiger partial charge is 0.242 e. The number of hydrogen-bond donors (Lipinski definition) is 1. The third-order valence-corrected chi connectivity index (χ3v) is 7.45. The van der Waals surface area contributed by atoms with Crippen LogP contribution >= 0.6 is 23.4 Å². The summed E-state index contributed by atoms with van der Waals surface area (Å²) in [7, 11) is 0. The monoisotopic (exact) mass is 517 g/mol. The van der Waals surface area contributed by atoms with Gasteiger partial charge in [-0.15, -0.1) is 11.6 Å². The van der Waals surface area contributed by atoms with Gasteiger partial charge in [0.2, 0.25) is 5.91 Å². The number of thioether (sulfide) groups is 1. The quantitative estimate of drug-likeness (QED) is 0.119. The molecule has 1 amide bonds. The second-order valence-corrected chi connectivity index (χ2v) is 10.1. The lowest BCUT2D eigenvalue weighted by molar-refractivity contribution is -0.120. The Morgan fingerprint density at radius 1 is 0.917 bits per heavy atom. The molecule has 6 heteroatoms. The van der Waals surface area contributed by atoms with Crippen molar-refractivity contribution in [3.63, 3.8) is 0 Å². The van der Waals surface area contributed by atoms with E-state index in [1.54, 1.807) is 11.8 Å². The number of nitrogens with one attached hydrogen (secondary N) is 1. The van der Waals surface area contributed by atoms with Crippen LogP contribution in [-0.4, -0.2) is 27.8 Å². The van der Waals surface area contributed by atoms with Crippen LogP contribution in [0.1, 0.15) is 37.1 Å². The highest BCUT2D eigenvalue weighted by Crippen LogP contribution is 2.36. The average Bonchev–Trinajstić information content (AvgIpc) is 3.30. The Hall–Kier alpha value is -3.02. The summed E-state index contributed by atoms with van der Waals surface area (Å²) in [6, 6.07) is 30.4. The van der Waals surface area contributed by atoms with Crippen molar-refractivity contribution < 1.29 is 4.79 Å². The molecule has 1 N–H and O–H groups in total. The van der Waals surface area contributed by atoms with Gasteiger partial charge in [-0.2, -0.15) is 0 Å². The van der Waals surface area contributed by atoms with Crippen molar-refractivity contribution in [2.24, 2.45) is 0 Å². The molecule has 1 aromatic heterocycles. The van der Waals surface area contributed by atoms with Crippen molar-refractivity contribution in [3.8, 4) is 22.5 Å². The van der Waals surface area contributed by atoms with Crippen LogP contribution in [0.15, 0.2) is 96.2 Å². The molecule has 0 radical (unpaired) electrons. The van der Waals surface area contributed by atoms with Gasteiger partial charge in [0.15, 0.2) is 5.16 Å². The van der Waals surface area contributed by atoms with Crippen molar-refractivity contribution >= 4 is 29.3 Å². The summed E-state index contributed by atoms with van der Waals surface area (Å²) in [5.74, 6) is 0.694. The molecule has 1 unspecified atom stereocenters. The lowest BCUT2D eigenvalue weighted by Crippen LogP contribution is -2.28. The van der Waals surface area contributed by atoms with E-state index in [1.165, 1.54) is 11.3 Å². The number of aromatic nitrogens is 2. The molecule has 0 saturated heterocycles. The van der Waals surface area contributed by atoms with Crippen LogP contribution < -0.4 is 5.32 Å². The SMILES string of the molecule is CCCCn1c(SCCCNC(=O)C(Cl)c2ccccc2)nc(-c2ccccc2)c1-c1ccccc1. The van der Waals surface area contributed by atoms with Crippen LogP contribution in [0.2, 0.25) is 0 Å². The largest absolute Gasteiger partial charge is 0.354 e. The first-order valence-corrected chi connectivity index (χ1v) is 13.9. The van der Waals surface area contributed by atoms with E-state index in [1.807, 2.05) is 42.5 Å². The van der Waals surface area contributed by atoms with Crippen molar-refractivity contribution in [2.75, 3.05) is 12.3 Å². The van der Waals surface area contributed by atoms with Crippen molar-refractivity contribution in [1.29, 1.82) is 0 Å². The molecule has 0 spiro atoms. The molecule has 3 aromatic carbocycles. The summed E-state index contributed by atoms with van der Waals surface area (Å²) in [6.45, 7) is 3.71. The number of alkyl halides is 1. The second-order valence-electron chi connectivity index (χ2n) is 8.60. The lowest BCUT2D eigenvalue weighted by Gasteiger charge is -2.13. The Balaban J connectivity index is 1.47. The van der Waals surface area contributed by atoms with Crippen LogP contribution in [-0.2, 0) is 11.3 Å². The van der Waals surface area contributed by atoms with Gasteiger partial charge in [0.05, 0.1) is 11.4 Å². The van der Waals surface area contributed by atoms with Crippen molar-refractivity contribution in [3.05, 3.63) is 96.6 Å². The molecule has 0 bridgehead atoms. The van der Waals surface area contributed by atoms with Crippen LogP contribution in [0.25, 0.3) is 22.5 Å². The molecule has 36 heavy (non-hydrogen) atoms. The fourth-order valence-corrected chi connectivity index (χ4v) is 5.25. The molecule has 0 aliphatic carbocycles. The van der Waals surface area contributed by atoms with E-state index in [2.05, 4.69) is 65.3 Å². The topological polar surface area (TPSA) is 46.9 Å². The molecule has 4 aromatic rings. The van der Waals surface area contributed by atoms with Gasteiger partial charge in [-0.1, -0.05) is 116 Å². The van der Waals surface area contributed by atoms with E-state index in [0.717, 1.165) is 53.5 Å². The van der Waals surface area contributed by atoms with Crippen molar-refractivity contribution in [2.45, 2.75) is 43.3 Å². The number of carbonyl (C=O) groups excluding carboxylic acids is 1. The predicted molar refractivity (Wildman–Crippen MR) is 151 cm³/mol. The first kappa shape index (κ1) is 26.1. The van der Waals surface area contributed by atoms with E-state index in [0.29, 0.717) is 6.54 Å². The van der Waals surface area contributed by atoms with Crippen molar-refractivity contribution in [1.82, 2.24) is 14.9 Å². The first-order chi connectivity index (χ1) is 17.7. The minimum atomic E-state index is -0.673. The molecule has 186 valence electrons. The Labute approximate surface area is 223 Å². The molecule has 0 aliphatic rings. The predicted octanol–water partition coefficient (Wildman–Crippen LogP) is 7.60. The molecule has 0 saturated carbocycles. The van der Waals surface area contributed by atoms with E-state index >= 15 is 0 Å². The summed E-state index contributed by atoms with van der Waals surface area (Å²) < 4.78 is 2.37. The van der Waals surface area contributed by atoms with Gasteiger partial charge in [0, 0.05) is 30.0 Å². The van der Waals surface area contributed by atoms with Gasteiger partial charge in [0.1, 0.15) is 5.38 Å². The first-order valence-electron chi connectivity index (χ1n) is 12.5. The molecule has 0 fully saturated rings. The number of amides is 1. The Morgan fingerprint density at radius 3 is 2.17 bits per heavy atom. The standard InChI is InChI=1S/C30H32ClN3OS/c1-2-3-21-34-28(25-18-11-6-12-19-25)27(24-16-9-5-10-17-24)33-30(34)36-22-13-20-32-29(35)26(31)23-14-7-4-8-15-23/h4-12,14-19,26H,2-3,13,20-22H2,1H3,(H,32,35). The van der Waals surface area contributed by atoms with Crippen LogP contribution in [0.3, 0.4) is 0 Å². The van der Waals surface area contributed by atoms with Gasteiger partial charge >= 0.3 is 0 Å². The minimum Gasteiger partial charge on any atom is -0.354 e. The van der Waals surface area contributed by atoms with Gasteiger partial charge in [-0.25, -0.2) is 4.98 Å². The van der Waals surface area contributed by atoms with Crippen LogP contribution in [0, 0.1) is 0 Å². The normalized spacial score (nSPS) is 11.8. The highest BCUT2D eigenvalue weighted by atomic mass is 35.5. The number of carbonyl (C=O) groups is 1. The minimum absolute atomic E-state index is 0.157. The fraction of sp³-hybridized carbons (Fsp3) is 0.267. The maximum atomic E-state index is 12.4. The zero-order chi connectivity index (χ0) is 25.2. The maximum absolute atomic E-state index is 12.4. The third kappa shape index (κ3) is 6.59. The summed E-state index contributed by atoms with van der Waals surface area (Å²) in [5, 5.41) is 3.32. The Kier molecular flexibility index (Phi) is 9.65. The molecular formula is C30H32ClN3OS. The molecule has 4 nitrogen and oxygen atoms in total. The lowest BCUT2D eigenvalue weighted by atomic mass is 10.0. The molecule has 1 atom stereocenters. The number of halogens is 1. The van der Waals surface area contributed by atoms with Crippen LogP contribution in [0.4, 0.5) is 0 Å². The van der Waals surface area contributed by atoms with E-state index in [9.17, 15) is 4.79 Å². The second kappa shape index (κ2) is 13.3. The van der Waals surface area contributed by atoms with Gasteiger partial charge < -0.3 is 9.88 Å². The summed E-state index contributed by atoms with van der Waals surface area (Å²) in [6.07, 6.45) is 3.03. The average molecular weight is 518 g/mol. The molecular weight excluding hydrogens is 486 g/mol. The number of rotatable bonds is 12. The maximum Gasteiger partial charge on any atom is 0.242 e. The highest BCUT2D eigenvalue weighted by molar-refractivity contribution is 7.99. The number of hydrogen-bond acceptors (Lipinski definition) is 3.